The average Bonchev–Trinajstić information content (AvgIpc) is 0.811. The Morgan fingerprint density at radius 3 is 1.80 bits per heavy atom. The zero-order valence-electron chi connectivity index (χ0n) is 2.79. The van der Waals surface area contributed by atoms with Gasteiger partial charge in [-0.25, -0.2) is 0 Å². The molecule has 0 aromatic carbocycles. The van der Waals surface area contributed by atoms with Crippen molar-refractivity contribution in [2.75, 3.05) is 0 Å². The molecule has 5 heavy (non-hydrogen) atoms. The molecular weight excluding hydrogens is 178 g/mol. The Morgan fingerprint density at radius 1 is 1.80 bits per heavy atom. The molecule has 0 spiro atoms. The molecule has 0 aliphatic rings. The van der Waals surface area contributed by atoms with Crippen LogP contribution in [-0.4, -0.2) is 4.99 Å². The fourth-order valence-corrected chi connectivity index (χ4v) is 0. The van der Waals surface area contributed by atoms with E-state index in [0.29, 0.717) is 4.99 Å². The average molecular weight is 183 g/mol. The summed E-state index contributed by atoms with van der Waals surface area (Å²) >= 11 is 4.31. The van der Waals surface area contributed by atoms with Crippen LogP contribution in [0.3, 0.4) is 0 Å². The van der Waals surface area contributed by atoms with Gasteiger partial charge < -0.3 is 5.73 Å². The van der Waals surface area contributed by atoms with E-state index in [4.69, 9.17) is 5.73 Å². The van der Waals surface area contributed by atoms with Gasteiger partial charge in [0.05, 0.1) is 4.99 Å². The summed E-state index contributed by atoms with van der Waals surface area (Å²) in [5, 5.41) is 0. The van der Waals surface area contributed by atoms with Crippen molar-refractivity contribution in [1.82, 2.24) is 0 Å². The van der Waals surface area contributed by atoms with Crippen LogP contribution in [-0.2, 0) is 22.4 Å². The molecule has 0 saturated heterocycles. The molecule has 0 amide bonds. The van der Waals surface area contributed by atoms with E-state index in [1.54, 1.807) is 6.92 Å². The normalized spacial score (nSPS) is 5.00. The van der Waals surface area contributed by atoms with E-state index in [1.807, 2.05) is 0 Å². The van der Waals surface area contributed by atoms with Gasteiger partial charge in [0, 0.05) is 22.4 Å². The van der Waals surface area contributed by atoms with Crippen LogP contribution in [0, 0.1) is 0 Å². The predicted octanol–water partition coefficient (Wildman–Crippen LogP) is 0.290. The number of hydrogen-bond acceptors (Lipinski definition) is 1. The molecule has 0 fully saturated rings. The molecule has 0 unspecified atom stereocenters. The van der Waals surface area contributed by atoms with Crippen molar-refractivity contribution in [2.45, 2.75) is 6.92 Å². The molecule has 1 radical (unpaired) electrons. The minimum atomic E-state index is 0. The molecule has 3 heteroatoms. The summed E-state index contributed by atoms with van der Waals surface area (Å²) in [6, 6.07) is 0. The standard InChI is InChI=1S/C2H5NS.Ag/c1-2(3)4;/h1H3,(H2,3,4);. The van der Waals surface area contributed by atoms with Crippen molar-refractivity contribution in [1.29, 1.82) is 0 Å². The second kappa shape index (κ2) is 4.63. The maximum atomic E-state index is 4.84. The van der Waals surface area contributed by atoms with Gasteiger partial charge in [-0.15, -0.1) is 0 Å². The first-order valence-corrected chi connectivity index (χ1v) is 1.40. The Morgan fingerprint density at radius 2 is 1.80 bits per heavy atom. The van der Waals surface area contributed by atoms with Crippen LogP contribution in [0.15, 0.2) is 0 Å². The van der Waals surface area contributed by atoms with Gasteiger partial charge in [-0.3, -0.25) is 0 Å². The minimum absolute atomic E-state index is 0. The molecule has 0 aliphatic carbocycles. The van der Waals surface area contributed by atoms with Crippen molar-refractivity contribution in [3.05, 3.63) is 0 Å². The van der Waals surface area contributed by atoms with Crippen LogP contribution in [0.1, 0.15) is 6.92 Å². The van der Waals surface area contributed by atoms with E-state index in [0.717, 1.165) is 0 Å². The van der Waals surface area contributed by atoms with E-state index < -0.39 is 0 Å². The minimum Gasteiger partial charge on any atom is -0.394 e. The third-order valence-corrected chi connectivity index (χ3v) is 0. The molecule has 1 nitrogen and oxygen atoms in total. The van der Waals surface area contributed by atoms with Crippen molar-refractivity contribution >= 4 is 17.2 Å². The van der Waals surface area contributed by atoms with Gasteiger partial charge in [-0.2, -0.15) is 0 Å². The van der Waals surface area contributed by atoms with Gasteiger partial charge in [-0.05, 0) is 6.92 Å². The van der Waals surface area contributed by atoms with Gasteiger partial charge in [-0.1, -0.05) is 12.2 Å². The number of nitrogens with two attached hydrogens (primary N) is 1. The topological polar surface area (TPSA) is 26.0 Å². The van der Waals surface area contributed by atoms with Crippen LogP contribution in [0.25, 0.3) is 0 Å². The van der Waals surface area contributed by atoms with Crippen molar-refractivity contribution in [2.24, 2.45) is 5.73 Å². The SMILES string of the molecule is CC(N)=S.[Ag]. The Hall–Kier alpha value is 0.630. The first kappa shape index (κ1) is 9.16. The maximum Gasteiger partial charge on any atom is 0.0695 e. The smallest absolute Gasteiger partial charge is 0.0695 e. The maximum absolute atomic E-state index is 4.84. The van der Waals surface area contributed by atoms with Gasteiger partial charge in [0.15, 0.2) is 0 Å². The second-order valence-corrected chi connectivity index (χ2v) is 1.25. The Bertz CT molecular complexity index is 32.6. The molecule has 35 valence electrons. The summed E-state index contributed by atoms with van der Waals surface area (Å²) in [7, 11) is 0. The molecule has 0 aliphatic heterocycles. The molecule has 0 aromatic rings. The van der Waals surface area contributed by atoms with E-state index in [-0.39, 0.29) is 22.4 Å². The van der Waals surface area contributed by atoms with Gasteiger partial charge in [0.1, 0.15) is 0 Å². The fourth-order valence-electron chi connectivity index (χ4n) is 0. The monoisotopic (exact) mass is 182 g/mol. The van der Waals surface area contributed by atoms with Crippen LogP contribution in [0.5, 0.6) is 0 Å². The van der Waals surface area contributed by atoms with Crippen molar-refractivity contribution in [3.8, 4) is 0 Å². The van der Waals surface area contributed by atoms with E-state index >= 15 is 0 Å². The van der Waals surface area contributed by atoms with Crippen LogP contribution in [0.4, 0.5) is 0 Å². The number of thiocarbonyl (C=S) groups is 1. The molecule has 0 rings (SSSR count). The summed E-state index contributed by atoms with van der Waals surface area (Å²) in [5.41, 5.74) is 4.84. The largest absolute Gasteiger partial charge is 0.394 e. The summed E-state index contributed by atoms with van der Waals surface area (Å²) in [6.45, 7) is 1.68. The molecule has 0 heterocycles. The molecule has 0 atom stereocenters. The Labute approximate surface area is 52.4 Å². The third kappa shape index (κ3) is 80.6. The summed E-state index contributed by atoms with van der Waals surface area (Å²) in [5.74, 6) is 0. The van der Waals surface area contributed by atoms with Crippen LogP contribution in [0.2, 0.25) is 0 Å². The summed E-state index contributed by atoms with van der Waals surface area (Å²) in [4.78, 5) is 0.500. The van der Waals surface area contributed by atoms with Crippen LogP contribution >= 0.6 is 12.2 Å². The third-order valence-electron chi connectivity index (χ3n) is 0. The van der Waals surface area contributed by atoms with Crippen LogP contribution < -0.4 is 5.73 Å². The molecule has 2 N–H and O–H groups in total. The number of rotatable bonds is 0. The second-order valence-electron chi connectivity index (χ2n) is 0.611. The predicted molar refractivity (Wildman–Crippen MR) is 22.5 cm³/mol. The molecular formula is C2H5AgNS. The Balaban J connectivity index is 0. The van der Waals surface area contributed by atoms with Gasteiger partial charge >= 0.3 is 0 Å². The summed E-state index contributed by atoms with van der Waals surface area (Å²) < 4.78 is 0. The van der Waals surface area contributed by atoms with Gasteiger partial charge in [0.2, 0.25) is 0 Å². The number of hydrogen-bond donors (Lipinski definition) is 1. The zero-order chi connectivity index (χ0) is 3.58. The first-order valence-electron chi connectivity index (χ1n) is 0.993. The van der Waals surface area contributed by atoms with E-state index in [2.05, 4.69) is 12.2 Å². The van der Waals surface area contributed by atoms with Crippen molar-refractivity contribution in [3.63, 3.8) is 0 Å². The molecule has 0 saturated carbocycles. The molecule has 0 bridgehead atoms. The quantitative estimate of drug-likeness (QED) is 0.431. The molecule has 0 aromatic heterocycles. The van der Waals surface area contributed by atoms with Crippen molar-refractivity contribution < 1.29 is 22.4 Å². The Kier molecular flexibility index (Phi) is 8.48. The zero-order valence-corrected chi connectivity index (χ0v) is 5.09. The summed E-state index contributed by atoms with van der Waals surface area (Å²) in [6.07, 6.45) is 0. The van der Waals surface area contributed by atoms with E-state index in [9.17, 15) is 0 Å². The fraction of sp³-hybridized carbons (Fsp3) is 0.500. The first-order chi connectivity index (χ1) is 1.73. The van der Waals surface area contributed by atoms with Gasteiger partial charge in [0.25, 0.3) is 0 Å². The van der Waals surface area contributed by atoms with E-state index in [1.165, 1.54) is 0 Å².